The highest BCUT2D eigenvalue weighted by molar-refractivity contribution is 7.91. The first-order chi connectivity index (χ1) is 17.9. The monoisotopic (exact) mass is 552 g/mol. The number of hydrogen-bond donors (Lipinski definition) is 1. The first-order valence-electron chi connectivity index (χ1n) is 13.1. The number of hydrogen-bond acceptors (Lipinski definition) is 6. The van der Waals surface area contributed by atoms with Crippen molar-refractivity contribution in [3.05, 3.63) is 53.1 Å². The third-order valence-corrected chi connectivity index (χ3v) is 9.43. The van der Waals surface area contributed by atoms with Crippen LogP contribution < -0.4 is 5.32 Å². The maximum Gasteiger partial charge on any atom is 0.391 e. The maximum atomic E-state index is 13.1. The Morgan fingerprint density at radius 3 is 2.42 bits per heavy atom. The summed E-state index contributed by atoms with van der Waals surface area (Å²) in [5.41, 5.74) is 2.85. The second kappa shape index (κ2) is 11.3. The van der Waals surface area contributed by atoms with Crippen LogP contribution in [0.2, 0.25) is 0 Å². The fourth-order valence-electron chi connectivity index (χ4n) is 5.59. The summed E-state index contributed by atoms with van der Waals surface area (Å²) in [6.07, 6.45) is 0.279. The van der Waals surface area contributed by atoms with Gasteiger partial charge < -0.3 is 5.32 Å². The highest BCUT2D eigenvalue weighted by Gasteiger charge is 2.42. The van der Waals surface area contributed by atoms with E-state index >= 15 is 0 Å². The van der Waals surface area contributed by atoms with Crippen molar-refractivity contribution in [2.75, 3.05) is 12.3 Å². The predicted octanol–water partition coefficient (Wildman–Crippen LogP) is 5.08. The quantitative estimate of drug-likeness (QED) is 0.491. The van der Waals surface area contributed by atoms with E-state index in [0.29, 0.717) is 30.6 Å². The first-order valence-corrected chi connectivity index (χ1v) is 14.8. The van der Waals surface area contributed by atoms with Crippen molar-refractivity contribution in [3.63, 3.8) is 0 Å². The third-order valence-electron chi connectivity index (χ3n) is 7.71. The number of nitrogens with zero attached hydrogens (tertiary/aromatic N) is 3. The fraction of sp³-hybridized carbons (Fsp3) is 0.593. The van der Waals surface area contributed by atoms with Crippen LogP contribution in [-0.4, -0.2) is 47.7 Å². The second-order valence-electron chi connectivity index (χ2n) is 10.7. The summed E-state index contributed by atoms with van der Waals surface area (Å²) < 4.78 is 63.1. The molecule has 0 aromatic carbocycles. The van der Waals surface area contributed by atoms with E-state index in [1.807, 2.05) is 6.07 Å². The molecule has 1 unspecified atom stereocenters. The van der Waals surface area contributed by atoms with Gasteiger partial charge >= 0.3 is 6.18 Å². The lowest BCUT2D eigenvalue weighted by molar-refractivity contribution is -0.184. The van der Waals surface area contributed by atoms with Gasteiger partial charge in [-0.1, -0.05) is 20.8 Å². The van der Waals surface area contributed by atoms with E-state index in [-0.39, 0.29) is 53.8 Å². The van der Waals surface area contributed by atoms with Crippen molar-refractivity contribution >= 4 is 15.7 Å². The molecule has 2 aromatic rings. The topological polar surface area (TPSA) is 92.3 Å². The van der Waals surface area contributed by atoms with Crippen LogP contribution in [0.4, 0.5) is 13.2 Å². The molecule has 1 atom stereocenters. The standard InChI is InChI=1S/C27H35F3N4O3S/c1-4-38(36,37)23-10-9-22(31-14-23)13-33-26(35)19-11-20-16-34(25(17(2)3)24(20)32-12-19)15-18-5-7-21(8-6-18)27(28,29)30/h9-12,14,17-18,21,25H,4-8,13,15-16H2,1-3H3,(H,33,35). The van der Waals surface area contributed by atoms with E-state index < -0.39 is 21.9 Å². The van der Waals surface area contributed by atoms with Gasteiger partial charge in [-0.2, -0.15) is 13.2 Å². The number of halogens is 3. The van der Waals surface area contributed by atoms with Gasteiger partial charge in [0.15, 0.2) is 9.84 Å². The minimum Gasteiger partial charge on any atom is -0.346 e. The molecule has 1 fully saturated rings. The largest absolute Gasteiger partial charge is 0.391 e. The molecule has 3 heterocycles. The summed E-state index contributed by atoms with van der Waals surface area (Å²) in [6, 6.07) is 4.97. The lowest BCUT2D eigenvalue weighted by Gasteiger charge is -2.35. The molecule has 1 aliphatic heterocycles. The highest BCUT2D eigenvalue weighted by atomic mass is 32.2. The summed E-state index contributed by atoms with van der Waals surface area (Å²) in [5, 5.41) is 2.81. The summed E-state index contributed by atoms with van der Waals surface area (Å²) in [5.74, 6) is -1.02. The second-order valence-corrected chi connectivity index (χ2v) is 13.0. The molecule has 0 saturated heterocycles. The van der Waals surface area contributed by atoms with Gasteiger partial charge in [-0.25, -0.2) is 8.42 Å². The zero-order valence-corrected chi connectivity index (χ0v) is 22.8. The van der Waals surface area contributed by atoms with Crippen molar-refractivity contribution in [2.45, 2.75) is 76.7 Å². The van der Waals surface area contributed by atoms with Gasteiger partial charge in [0.2, 0.25) is 0 Å². The number of pyridine rings is 2. The van der Waals surface area contributed by atoms with Gasteiger partial charge in [0, 0.05) is 25.5 Å². The van der Waals surface area contributed by atoms with Crippen molar-refractivity contribution in [2.24, 2.45) is 17.8 Å². The van der Waals surface area contributed by atoms with Crippen LogP contribution in [0, 0.1) is 17.8 Å². The van der Waals surface area contributed by atoms with Crippen LogP contribution in [-0.2, 0) is 22.9 Å². The molecular weight excluding hydrogens is 517 g/mol. The summed E-state index contributed by atoms with van der Waals surface area (Å²) in [7, 11) is -3.34. The van der Waals surface area contributed by atoms with E-state index in [0.717, 1.165) is 17.8 Å². The molecular formula is C27H35F3N4O3S. The molecule has 2 aromatic heterocycles. The minimum absolute atomic E-state index is 0.00956. The molecule has 1 N–H and O–H groups in total. The van der Waals surface area contributed by atoms with Crippen molar-refractivity contribution in [1.82, 2.24) is 20.2 Å². The predicted molar refractivity (Wildman–Crippen MR) is 137 cm³/mol. The van der Waals surface area contributed by atoms with Crippen molar-refractivity contribution in [3.8, 4) is 0 Å². The Kier molecular flexibility index (Phi) is 8.46. The number of amides is 1. The Morgan fingerprint density at radius 1 is 1.13 bits per heavy atom. The number of rotatable bonds is 8. The molecule has 208 valence electrons. The fourth-order valence-corrected chi connectivity index (χ4v) is 6.41. The van der Waals surface area contributed by atoms with Gasteiger partial charge in [0.1, 0.15) is 0 Å². The van der Waals surface area contributed by atoms with E-state index in [1.165, 1.54) is 12.3 Å². The summed E-state index contributed by atoms with van der Waals surface area (Å²) in [6.45, 7) is 7.27. The van der Waals surface area contributed by atoms with Crippen molar-refractivity contribution in [1.29, 1.82) is 0 Å². The normalized spacial score (nSPS) is 22.4. The highest BCUT2D eigenvalue weighted by Crippen LogP contribution is 2.43. The van der Waals surface area contributed by atoms with Gasteiger partial charge in [-0.3, -0.25) is 19.7 Å². The molecule has 2 aliphatic rings. The van der Waals surface area contributed by atoms with E-state index in [9.17, 15) is 26.4 Å². The lowest BCUT2D eigenvalue weighted by Crippen LogP contribution is -2.35. The molecule has 38 heavy (non-hydrogen) atoms. The number of nitrogens with one attached hydrogen (secondary N) is 1. The number of alkyl halides is 3. The molecule has 0 radical (unpaired) electrons. The minimum atomic E-state index is -4.11. The zero-order chi connectivity index (χ0) is 27.7. The maximum absolute atomic E-state index is 13.1. The molecule has 1 aliphatic carbocycles. The summed E-state index contributed by atoms with van der Waals surface area (Å²) >= 11 is 0. The zero-order valence-electron chi connectivity index (χ0n) is 22.0. The Balaban J connectivity index is 1.38. The first kappa shape index (κ1) is 28.5. The van der Waals surface area contributed by atoms with Gasteiger partial charge in [-0.05, 0) is 61.3 Å². The van der Waals surface area contributed by atoms with Crippen molar-refractivity contribution < 1.29 is 26.4 Å². The molecule has 11 heteroatoms. The van der Waals surface area contributed by atoms with Gasteiger partial charge in [0.05, 0.1) is 46.1 Å². The smallest absolute Gasteiger partial charge is 0.346 e. The number of carbonyl (C=O) groups is 1. The van der Waals surface area contributed by atoms with E-state index in [2.05, 4.69) is 34.0 Å². The average Bonchev–Trinajstić information content (AvgIpc) is 3.24. The number of fused-ring (bicyclic) bond motifs is 1. The Labute approximate surface area is 222 Å². The summed E-state index contributed by atoms with van der Waals surface area (Å²) in [4.78, 5) is 24.1. The molecule has 1 saturated carbocycles. The van der Waals surface area contributed by atoms with E-state index in [1.54, 1.807) is 19.2 Å². The average molecular weight is 553 g/mol. The molecule has 0 bridgehead atoms. The Hall–Kier alpha value is -2.53. The number of carbonyl (C=O) groups excluding carboxylic acids is 1. The van der Waals surface area contributed by atoms with Crippen LogP contribution in [0.15, 0.2) is 35.5 Å². The van der Waals surface area contributed by atoms with Gasteiger partial charge in [-0.15, -0.1) is 0 Å². The lowest BCUT2D eigenvalue weighted by atomic mass is 9.81. The van der Waals surface area contributed by atoms with Crippen LogP contribution >= 0.6 is 0 Å². The van der Waals surface area contributed by atoms with Crippen LogP contribution in [0.1, 0.15) is 79.8 Å². The van der Waals surface area contributed by atoms with E-state index in [4.69, 9.17) is 0 Å². The number of aromatic nitrogens is 2. The molecule has 7 nitrogen and oxygen atoms in total. The Morgan fingerprint density at radius 2 is 1.84 bits per heavy atom. The van der Waals surface area contributed by atoms with Crippen LogP contribution in [0.3, 0.4) is 0 Å². The molecule has 0 spiro atoms. The van der Waals surface area contributed by atoms with Crippen LogP contribution in [0.5, 0.6) is 0 Å². The van der Waals surface area contributed by atoms with Gasteiger partial charge in [0.25, 0.3) is 5.91 Å². The molecule has 1 amide bonds. The third kappa shape index (κ3) is 6.36. The van der Waals surface area contributed by atoms with Crippen LogP contribution in [0.25, 0.3) is 0 Å². The SMILES string of the molecule is CCS(=O)(=O)c1ccc(CNC(=O)c2cnc3c(c2)CN(CC2CCC(C(F)(F)F)CC2)C3C(C)C)nc1. The Bertz CT molecular complexity index is 1240. The molecule has 4 rings (SSSR count). The number of sulfone groups is 1.